The zero-order valence-electron chi connectivity index (χ0n) is 15.2. The van der Waals surface area contributed by atoms with E-state index in [1.807, 2.05) is 0 Å². The minimum atomic E-state index is -1.21. The second-order valence-electron chi connectivity index (χ2n) is 6.45. The number of anilines is 2. The quantitative estimate of drug-likeness (QED) is 0.689. The van der Waals surface area contributed by atoms with Crippen LogP contribution in [0.1, 0.15) is 11.5 Å². The third-order valence-electron chi connectivity index (χ3n) is 4.82. The lowest BCUT2D eigenvalue weighted by molar-refractivity contribution is -0.137. The van der Waals surface area contributed by atoms with Gasteiger partial charge < -0.3 is 15.2 Å². The fourth-order valence-electron chi connectivity index (χ4n) is 3.57. The molecule has 7 nitrogen and oxygen atoms in total. The van der Waals surface area contributed by atoms with Crippen molar-refractivity contribution < 1.29 is 24.2 Å². The van der Waals surface area contributed by atoms with E-state index < -0.39 is 23.8 Å². The van der Waals surface area contributed by atoms with Gasteiger partial charge in [0.2, 0.25) is 0 Å². The number of benzene rings is 2. The van der Waals surface area contributed by atoms with E-state index in [2.05, 4.69) is 21.2 Å². The summed E-state index contributed by atoms with van der Waals surface area (Å²) in [6.45, 7) is 0. The number of para-hydroxylation sites is 2. The number of methoxy groups -OCH3 is 1. The molecule has 146 valence electrons. The summed E-state index contributed by atoms with van der Waals surface area (Å²) in [5.74, 6) is -3.24. The first kappa shape index (κ1) is 18.9. The lowest BCUT2D eigenvalue weighted by Crippen LogP contribution is -2.43. The second kappa shape index (κ2) is 7.21. The highest BCUT2D eigenvalue weighted by molar-refractivity contribution is 9.10. The van der Waals surface area contributed by atoms with Gasteiger partial charge in [0.25, 0.3) is 5.91 Å². The fraction of sp³-hybridized carbons (Fsp3) is 0.0952. The van der Waals surface area contributed by atoms with Gasteiger partial charge in [0.15, 0.2) is 0 Å². The second-order valence-corrected chi connectivity index (χ2v) is 7.36. The van der Waals surface area contributed by atoms with Crippen molar-refractivity contribution in [1.29, 1.82) is 0 Å². The van der Waals surface area contributed by atoms with Crippen molar-refractivity contribution in [2.45, 2.75) is 5.92 Å². The summed E-state index contributed by atoms with van der Waals surface area (Å²) in [7, 11) is 1.23. The Labute approximate surface area is 174 Å². The average Bonchev–Trinajstić information content (AvgIpc) is 2.72. The standard InChI is InChI=1S/C21H15BrN2O5/c1-29-21(28)17-13(11-6-8-12(22)9-7-11)10-16(20(26)27)24-15-5-3-2-4-14(15)23-19(25)18(17)24/h2-10,13H,1H3,(H,23,25)(H,26,27). The number of ether oxygens (including phenoxy) is 1. The van der Waals surface area contributed by atoms with Crippen LogP contribution >= 0.6 is 15.9 Å². The average molecular weight is 455 g/mol. The maximum atomic E-state index is 13.0. The molecule has 1 unspecified atom stereocenters. The SMILES string of the molecule is COC(=O)C1=C2C(=O)Nc3ccccc3N2C(C(=O)O)=CC1c1ccc(Br)cc1. The van der Waals surface area contributed by atoms with Gasteiger partial charge in [0, 0.05) is 10.4 Å². The highest BCUT2D eigenvalue weighted by Gasteiger charge is 2.43. The number of hydrogen-bond donors (Lipinski definition) is 2. The molecule has 0 aliphatic carbocycles. The Morgan fingerprint density at radius 1 is 1.14 bits per heavy atom. The van der Waals surface area contributed by atoms with Crippen molar-refractivity contribution in [3.63, 3.8) is 0 Å². The molecular weight excluding hydrogens is 440 g/mol. The first-order valence-corrected chi connectivity index (χ1v) is 9.45. The monoisotopic (exact) mass is 454 g/mol. The summed E-state index contributed by atoms with van der Waals surface area (Å²) in [4.78, 5) is 39.1. The molecule has 0 radical (unpaired) electrons. The van der Waals surface area contributed by atoms with E-state index in [0.29, 0.717) is 16.9 Å². The Balaban J connectivity index is 2.02. The number of nitrogens with zero attached hydrogens (tertiary/aromatic N) is 1. The smallest absolute Gasteiger partial charge is 0.352 e. The number of allylic oxidation sites excluding steroid dienone is 1. The molecule has 0 saturated carbocycles. The number of hydrogen-bond acceptors (Lipinski definition) is 5. The van der Waals surface area contributed by atoms with Crippen molar-refractivity contribution in [1.82, 2.24) is 0 Å². The predicted octanol–water partition coefficient (Wildman–Crippen LogP) is 3.40. The van der Waals surface area contributed by atoms with Crippen LogP contribution in [0.5, 0.6) is 0 Å². The molecule has 2 aromatic rings. The number of amides is 1. The third kappa shape index (κ3) is 3.11. The molecule has 0 saturated heterocycles. The Morgan fingerprint density at radius 3 is 2.48 bits per heavy atom. The molecule has 1 atom stereocenters. The van der Waals surface area contributed by atoms with Crippen LogP contribution in [0.15, 0.2) is 76.0 Å². The maximum absolute atomic E-state index is 13.0. The van der Waals surface area contributed by atoms with Crippen LogP contribution in [0.2, 0.25) is 0 Å². The Hall–Kier alpha value is -3.39. The van der Waals surface area contributed by atoms with Crippen LogP contribution < -0.4 is 10.2 Å². The molecule has 4 rings (SSSR count). The third-order valence-corrected chi connectivity index (χ3v) is 5.35. The minimum Gasteiger partial charge on any atom is -0.477 e. The zero-order valence-corrected chi connectivity index (χ0v) is 16.8. The van der Waals surface area contributed by atoms with Crippen LogP contribution in [0.3, 0.4) is 0 Å². The number of rotatable bonds is 3. The Kier molecular flexibility index (Phi) is 4.71. The number of fused-ring (bicyclic) bond motifs is 3. The van der Waals surface area contributed by atoms with Crippen LogP contribution in [-0.4, -0.2) is 30.1 Å². The molecule has 2 aliphatic rings. The first-order valence-electron chi connectivity index (χ1n) is 8.66. The minimum absolute atomic E-state index is 0.0524. The first-order chi connectivity index (χ1) is 13.9. The van der Waals surface area contributed by atoms with Gasteiger partial charge in [-0.3, -0.25) is 9.69 Å². The van der Waals surface area contributed by atoms with Gasteiger partial charge in [-0.15, -0.1) is 0 Å². The molecule has 2 aromatic carbocycles. The summed E-state index contributed by atoms with van der Waals surface area (Å²) < 4.78 is 5.79. The highest BCUT2D eigenvalue weighted by atomic mass is 79.9. The molecule has 2 N–H and O–H groups in total. The van der Waals surface area contributed by atoms with E-state index in [-0.39, 0.29) is 17.0 Å². The number of carboxylic acids is 1. The van der Waals surface area contributed by atoms with Crippen molar-refractivity contribution in [2.75, 3.05) is 17.3 Å². The molecule has 2 aliphatic heterocycles. The van der Waals surface area contributed by atoms with E-state index >= 15 is 0 Å². The molecule has 0 aromatic heterocycles. The van der Waals surface area contributed by atoms with Crippen LogP contribution in [0, 0.1) is 0 Å². The van der Waals surface area contributed by atoms with E-state index in [1.165, 1.54) is 18.1 Å². The fourth-order valence-corrected chi connectivity index (χ4v) is 3.83. The van der Waals surface area contributed by atoms with Crippen molar-refractivity contribution in [3.8, 4) is 0 Å². The molecule has 0 bridgehead atoms. The van der Waals surface area contributed by atoms with Crippen molar-refractivity contribution in [3.05, 3.63) is 81.6 Å². The number of carboxylic acid groups (broad SMARTS) is 1. The summed E-state index contributed by atoms with van der Waals surface area (Å²) in [6.07, 6.45) is 1.47. The molecule has 29 heavy (non-hydrogen) atoms. The molecular formula is C21H15BrN2O5. The van der Waals surface area contributed by atoms with E-state index in [1.54, 1.807) is 48.5 Å². The van der Waals surface area contributed by atoms with E-state index in [4.69, 9.17) is 4.74 Å². The van der Waals surface area contributed by atoms with Crippen molar-refractivity contribution >= 4 is 45.2 Å². The Morgan fingerprint density at radius 2 is 1.83 bits per heavy atom. The van der Waals surface area contributed by atoms with Gasteiger partial charge in [-0.05, 0) is 35.9 Å². The van der Waals surface area contributed by atoms with Crippen molar-refractivity contribution in [2.24, 2.45) is 0 Å². The van der Waals surface area contributed by atoms with Crippen LogP contribution in [-0.2, 0) is 19.1 Å². The summed E-state index contributed by atoms with van der Waals surface area (Å²) in [5, 5.41) is 12.6. The molecule has 1 amide bonds. The van der Waals surface area contributed by atoms with Gasteiger partial charge in [-0.25, -0.2) is 9.59 Å². The number of aliphatic carboxylic acids is 1. The number of carbonyl (C=O) groups is 3. The molecule has 0 spiro atoms. The van der Waals surface area contributed by atoms with Gasteiger partial charge >= 0.3 is 11.9 Å². The predicted molar refractivity (Wildman–Crippen MR) is 109 cm³/mol. The van der Waals surface area contributed by atoms with E-state index in [9.17, 15) is 19.5 Å². The number of nitrogens with one attached hydrogen (secondary N) is 1. The largest absolute Gasteiger partial charge is 0.477 e. The normalized spacial score (nSPS) is 17.7. The van der Waals surface area contributed by atoms with Gasteiger partial charge in [0.05, 0.1) is 24.1 Å². The lowest BCUT2D eigenvalue weighted by atomic mass is 9.84. The number of carbonyl (C=O) groups excluding carboxylic acids is 2. The Bertz CT molecular complexity index is 1100. The van der Waals surface area contributed by atoms with Gasteiger partial charge in [0.1, 0.15) is 11.4 Å². The number of esters is 1. The van der Waals surface area contributed by atoms with Crippen LogP contribution in [0.25, 0.3) is 0 Å². The molecule has 2 heterocycles. The van der Waals surface area contributed by atoms with Gasteiger partial charge in [-0.1, -0.05) is 40.2 Å². The number of halogens is 1. The molecule has 8 heteroatoms. The molecule has 0 fully saturated rings. The zero-order chi connectivity index (χ0) is 20.7. The van der Waals surface area contributed by atoms with Crippen LogP contribution in [0.4, 0.5) is 11.4 Å². The van der Waals surface area contributed by atoms with E-state index in [0.717, 1.165) is 4.47 Å². The summed E-state index contributed by atoms with van der Waals surface area (Å²) in [6, 6.07) is 13.9. The summed E-state index contributed by atoms with van der Waals surface area (Å²) >= 11 is 3.36. The topological polar surface area (TPSA) is 95.9 Å². The highest BCUT2D eigenvalue weighted by Crippen LogP contribution is 2.44. The van der Waals surface area contributed by atoms with Gasteiger partial charge in [-0.2, -0.15) is 0 Å². The lowest BCUT2D eigenvalue weighted by Gasteiger charge is -2.38. The maximum Gasteiger partial charge on any atom is 0.352 e. The summed E-state index contributed by atoms with van der Waals surface area (Å²) in [5.41, 5.74) is 1.50.